The van der Waals surface area contributed by atoms with Crippen LogP contribution in [-0.4, -0.2) is 12.1 Å². The van der Waals surface area contributed by atoms with Crippen LogP contribution in [-0.2, 0) is 9.59 Å². The Labute approximate surface area is 79.3 Å². The summed E-state index contributed by atoms with van der Waals surface area (Å²) in [6, 6.07) is 0. The van der Waals surface area contributed by atoms with Crippen LogP contribution in [0.2, 0.25) is 0 Å². The molecule has 0 unspecified atom stereocenters. The molecule has 0 aliphatic heterocycles. The zero-order valence-electron chi connectivity index (χ0n) is 8.46. The third-order valence-electron chi connectivity index (χ3n) is 1.78. The quantitative estimate of drug-likeness (QED) is 0.369. The fourth-order valence-corrected chi connectivity index (χ4v) is 0.752. The van der Waals surface area contributed by atoms with Crippen LogP contribution in [0.15, 0.2) is 24.3 Å². The van der Waals surface area contributed by atoms with E-state index in [4.69, 9.17) is 0 Å². The van der Waals surface area contributed by atoms with Gasteiger partial charge in [-0.1, -0.05) is 32.1 Å². The lowest BCUT2D eigenvalue weighted by Crippen LogP contribution is -2.22. The van der Waals surface area contributed by atoms with E-state index in [0.717, 1.165) is 11.9 Å². The van der Waals surface area contributed by atoms with E-state index in [1.54, 1.807) is 19.9 Å². The summed E-state index contributed by atoms with van der Waals surface area (Å²) in [6.07, 6.45) is 4.17. The standard InChI is InChI=1S/C11H16O2/c1-9(2)5-6-10(13)11(3,4)7-8-12/h5-6,8H,1,7H2,2-4H3. The number of aldehydes is 1. The second-order valence-corrected chi connectivity index (χ2v) is 3.80. The summed E-state index contributed by atoms with van der Waals surface area (Å²) < 4.78 is 0. The minimum absolute atomic E-state index is 0.0393. The zero-order valence-corrected chi connectivity index (χ0v) is 8.46. The van der Waals surface area contributed by atoms with E-state index in [1.807, 2.05) is 6.92 Å². The fraction of sp³-hybridized carbons (Fsp3) is 0.455. The molecule has 0 aliphatic rings. The van der Waals surface area contributed by atoms with E-state index in [1.165, 1.54) is 6.08 Å². The Morgan fingerprint density at radius 3 is 2.31 bits per heavy atom. The number of carbonyl (C=O) groups is 2. The highest BCUT2D eigenvalue weighted by molar-refractivity contribution is 5.95. The molecule has 0 spiro atoms. The summed E-state index contributed by atoms with van der Waals surface area (Å²) in [4.78, 5) is 21.7. The molecule has 0 heterocycles. The molecular formula is C11H16O2. The van der Waals surface area contributed by atoms with Crippen LogP contribution in [0, 0.1) is 5.41 Å². The highest BCUT2D eigenvalue weighted by atomic mass is 16.1. The maximum atomic E-state index is 11.5. The van der Waals surface area contributed by atoms with Crippen LogP contribution in [0.4, 0.5) is 0 Å². The average Bonchev–Trinajstić information content (AvgIpc) is 1.99. The molecule has 0 N–H and O–H groups in total. The molecule has 2 heteroatoms. The van der Waals surface area contributed by atoms with Crippen molar-refractivity contribution in [3.8, 4) is 0 Å². The highest BCUT2D eigenvalue weighted by Crippen LogP contribution is 2.20. The minimum atomic E-state index is -0.590. The van der Waals surface area contributed by atoms with E-state index in [2.05, 4.69) is 6.58 Å². The zero-order chi connectivity index (χ0) is 10.5. The lowest BCUT2D eigenvalue weighted by molar-refractivity contribution is -0.125. The molecule has 0 aliphatic carbocycles. The van der Waals surface area contributed by atoms with E-state index in [0.29, 0.717) is 0 Å². The number of allylic oxidation sites excluding steroid dienone is 3. The predicted molar refractivity (Wildman–Crippen MR) is 53.4 cm³/mol. The Hall–Kier alpha value is -1.18. The SMILES string of the molecule is C=C(C)C=CC(=O)C(C)(C)CC=O. The summed E-state index contributed by atoms with van der Waals surface area (Å²) >= 11 is 0. The van der Waals surface area contributed by atoms with Crippen LogP contribution in [0.5, 0.6) is 0 Å². The largest absolute Gasteiger partial charge is 0.303 e. The Balaban J connectivity index is 4.41. The summed E-state index contributed by atoms with van der Waals surface area (Å²) in [6.45, 7) is 8.98. The molecule has 0 bridgehead atoms. The van der Waals surface area contributed by atoms with Crippen molar-refractivity contribution >= 4 is 12.1 Å². The van der Waals surface area contributed by atoms with Crippen molar-refractivity contribution in [3.05, 3.63) is 24.3 Å². The van der Waals surface area contributed by atoms with Gasteiger partial charge in [-0.15, -0.1) is 0 Å². The molecule has 0 fully saturated rings. The molecule has 0 saturated heterocycles. The maximum Gasteiger partial charge on any atom is 0.161 e. The van der Waals surface area contributed by atoms with Gasteiger partial charge in [-0.05, 0) is 13.0 Å². The molecule has 0 amide bonds. The molecular weight excluding hydrogens is 164 g/mol. The van der Waals surface area contributed by atoms with Gasteiger partial charge in [-0.3, -0.25) is 4.79 Å². The van der Waals surface area contributed by atoms with Crippen molar-refractivity contribution in [1.29, 1.82) is 0 Å². The van der Waals surface area contributed by atoms with Gasteiger partial charge < -0.3 is 4.79 Å². The number of ketones is 1. The van der Waals surface area contributed by atoms with Crippen molar-refractivity contribution in [3.63, 3.8) is 0 Å². The van der Waals surface area contributed by atoms with Crippen molar-refractivity contribution < 1.29 is 9.59 Å². The first kappa shape index (κ1) is 11.8. The monoisotopic (exact) mass is 180 g/mol. The van der Waals surface area contributed by atoms with Gasteiger partial charge in [0.15, 0.2) is 5.78 Å². The molecule has 0 rings (SSSR count). The van der Waals surface area contributed by atoms with Crippen molar-refractivity contribution in [1.82, 2.24) is 0 Å². The Morgan fingerprint density at radius 2 is 1.92 bits per heavy atom. The average molecular weight is 180 g/mol. The second kappa shape index (κ2) is 4.75. The van der Waals surface area contributed by atoms with Gasteiger partial charge in [0.1, 0.15) is 6.29 Å². The molecule has 0 radical (unpaired) electrons. The van der Waals surface area contributed by atoms with Crippen LogP contribution >= 0.6 is 0 Å². The van der Waals surface area contributed by atoms with Crippen LogP contribution in [0.3, 0.4) is 0 Å². The molecule has 0 aromatic rings. The summed E-state index contributed by atoms with van der Waals surface area (Å²) in [5.41, 5.74) is 0.239. The lowest BCUT2D eigenvalue weighted by Gasteiger charge is -2.17. The van der Waals surface area contributed by atoms with Crippen LogP contribution in [0.25, 0.3) is 0 Å². The van der Waals surface area contributed by atoms with Gasteiger partial charge >= 0.3 is 0 Å². The smallest absolute Gasteiger partial charge is 0.161 e. The van der Waals surface area contributed by atoms with Crippen molar-refractivity contribution in [2.24, 2.45) is 5.41 Å². The predicted octanol–water partition coefficient (Wildman–Crippen LogP) is 2.30. The molecule has 0 atom stereocenters. The van der Waals surface area contributed by atoms with E-state index < -0.39 is 5.41 Å². The summed E-state index contributed by atoms with van der Waals surface area (Å²) in [5.74, 6) is -0.0393. The van der Waals surface area contributed by atoms with Gasteiger partial charge in [0.2, 0.25) is 0 Å². The molecule has 13 heavy (non-hydrogen) atoms. The van der Waals surface area contributed by atoms with Crippen LogP contribution < -0.4 is 0 Å². The number of carbonyl (C=O) groups excluding carboxylic acids is 2. The number of hydrogen-bond donors (Lipinski definition) is 0. The Morgan fingerprint density at radius 1 is 1.38 bits per heavy atom. The molecule has 72 valence electrons. The topological polar surface area (TPSA) is 34.1 Å². The first-order valence-electron chi connectivity index (χ1n) is 4.22. The lowest BCUT2D eigenvalue weighted by atomic mass is 9.85. The Bertz CT molecular complexity index is 247. The number of rotatable bonds is 5. The van der Waals surface area contributed by atoms with Crippen molar-refractivity contribution in [2.45, 2.75) is 27.2 Å². The van der Waals surface area contributed by atoms with E-state index in [-0.39, 0.29) is 12.2 Å². The highest BCUT2D eigenvalue weighted by Gasteiger charge is 2.24. The third-order valence-corrected chi connectivity index (χ3v) is 1.78. The van der Waals surface area contributed by atoms with Crippen molar-refractivity contribution in [2.75, 3.05) is 0 Å². The molecule has 2 nitrogen and oxygen atoms in total. The Kier molecular flexibility index (Phi) is 4.32. The molecule has 0 saturated carbocycles. The fourth-order valence-electron chi connectivity index (χ4n) is 0.752. The minimum Gasteiger partial charge on any atom is -0.303 e. The molecule has 0 aromatic heterocycles. The first-order chi connectivity index (χ1) is 5.90. The van der Waals surface area contributed by atoms with Crippen LogP contribution in [0.1, 0.15) is 27.2 Å². The van der Waals surface area contributed by atoms with E-state index >= 15 is 0 Å². The second-order valence-electron chi connectivity index (χ2n) is 3.80. The van der Waals surface area contributed by atoms with Gasteiger partial charge in [0.25, 0.3) is 0 Å². The third kappa shape index (κ3) is 4.41. The van der Waals surface area contributed by atoms with Gasteiger partial charge in [-0.2, -0.15) is 0 Å². The summed E-state index contributed by atoms with van der Waals surface area (Å²) in [5, 5.41) is 0. The summed E-state index contributed by atoms with van der Waals surface area (Å²) in [7, 11) is 0. The van der Waals surface area contributed by atoms with Gasteiger partial charge in [-0.25, -0.2) is 0 Å². The number of hydrogen-bond acceptors (Lipinski definition) is 2. The normalized spacial score (nSPS) is 11.6. The first-order valence-corrected chi connectivity index (χ1v) is 4.22. The van der Waals surface area contributed by atoms with E-state index in [9.17, 15) is 9.59 Å². The maximum absolute atomic E-state index is 11.5. The molecule has 0 aromatic carbocycles. The van der Waals surface area contributed by atoms with Gasteiger partial charge in [0.05, 0.1) is 0 Å². The van der Waals surface area contributed by atoms with Gasteiger partial charge in [0, 0.05) is 11.8 Å².